The first kappa shape index (κ1) is 23.3. The van der Waals surface area contributed by atoms with Gasteiger partial charge in [0.25, 0.3) is 0 Å². The highest BCUT2D eigenvalue weighted by Crippen LogP contribution is 2.28. The summed E-state index contributed by atoms with van der Waals surface area (Å²) in [7, 11) is 5.26. The summed E-state index contributed by atoms with van der Waals surface area (Å²) in [5, 5.41) is 0.711. The number of hydrogen-bond donors (Lipinski definition) is 0. The van der Waals surface area contributed by atoms with Gasteiger partial charge in [-0.3, -0.25) is 0 Å². The second kappa shape index (κ2) is 10.3. The summed E-state index contributed by atoms with van der Waals surface area (Å²) in [6.45, 7) is 7.39. The van der Waals surface area contributed by atoms with Gasteiger partial charge in [0.15, 0.2) is 0 Å². The summed E-state index contributed by atoms with van der Waals surface area (Å²) in [5.41, 5.74) is 3.07. The number of ether oxygens (including phenoxy) is 1. The van der Waals surface area contributed by atoms with Crippen LogP contribution in [0.15, 0.2) is 24.3 Å². The molecule has 0 atom stereocenters. The number of carbonyl (C=O) groups excluding carboxylic acids is 1. The van der Waals surface area contributed by atoms with Crippen LogP contribution in [0.4, 0.5) is 10.6 Å². The normalized spacial score (nSPS) is 14.3. The molecule has 1 aliphatic rings. The van der Waals surface area contributed by atoms with E-state index < -0.39 is 0 Å². The standard InChI is InChI=1S/C23H32ClN5O2/c1-16(2)21-25-20(15-31-5)19(14-17-7-6-8-18(24)13-17)22(26-21)28-9-11-29(12-10-28)23(30)27(3)4/h6-8,13,16H,9-12,14-15H2,1-5H3. The summed E-state index contributed by atoms with van der Waals surface area (Å²) in [6.07, 6.45) is 0.670. The minimum atomic E-state index is 0.0458. The van der Waals surface area contributed by atoms with Crippen LogP contribution in [0.3, 0.4) is 0 Å². The van der Waals surface area contributed by atoms with Gasteiger partial charge < -0.3 is 19.4 Å². The van der Waals surface area contributed by atoms with Crippen LogP contribution >= 0.6 is 11.6 Å². The number of hydrogen-bond acceptors (Lipinski definition) is 5. The van der Waals surface area contributed by atoms with Crippen molar-refractivity contribution in [1.29, 1.82) is 0 Å². The summed E-state index contributed by atoms with van der Waals surface area (Å²) in [6, 6.07) is 7.93. The Morgan fingerprint density at radius 1 is 1.19 bits per heavy atom. The SMILES string of the molecule is COCc1nc(C(C)C)nc(N2CCN(C(=O)N(C)C)CC2)c1Cc1cccc(Cl)c1. The average molecular weight is 446 g/mol. The van der Waals surface area contributed by atoms with Gasteiger partial charge in [-0.2, -0.15) is 0 Å². The molecule has 0 radical (unpaired) electrons. The van der Waals surface area contributed by atoms with E-state index in [0.29, 0.717) is 31.1 Å². The first-order chi connectivity index (χ1) is 14.8. The smallest absolute Gasteiger partial charge is 0.319 e. The summed E-state index contributed by atoms with van der Waals surface area (Å²) in [5.74, 6) is 1.94. The van der Waals surface area contributed by atoms with Crippen molar-refractivity contribution in [2.45, 2.75) is 32.8 Å². The minimum absolute atomic E-state index is 0.0458. The van der Waals surface area contributed by atoms with Crippen LogP contribution in [0.2, 0.25) is 5.02 Å². The molecule has 2 amide bonds. The van der Waals surface area contributed by atoms with Crippen molar-refractivity contribution in [3.63, 3.8) is 0 Å². The van der Waals surface area contributed by atoms with E-state index >= 15 is 0 Å². The van der Waals surface area contributed by atoms with Crippen molar-refractivity contribution in [1.82, 2.24) is 19.8 Å². The number of amides is 2. The molecule has 1 aliphatic heterocycles. The van der Waals surface area contributed by atoms with Gasteiger partial charge in [-0.05, 0) is 17.7 Å². The molecule has 0 unspecified atom stereocenters. The van der Waals surface area contributed by atoms with E-state index in [1.807, 2.05) is 23.1 Å². The van der Waals surface area contributed by atoms with Gasteiger partial charge in [-0.15, -0.1) is 0 Å². The zero-order chi connectivity index (χ0) is 22.5. The van der Waals surface area contributed by atoms with Gasteiger partial charge in [0.1, 0.15) is 11.6 Å². The van der Waals surface area contributed by atoms with E-state index in [2.05, 4.69) is 24.8 Å². The predicted octanol–water partition coefficient (Wildman–Crippen LogP) is 3.79. The van der Waals surface area contributed by atoms with Gasteiger partial charge in [0.05, 0.1) is 12.3 Å². The van der Waals surface area contributed by atoms with Gasteiger partial charge in [-0.1, -0.05) is 37.6 Å². The number of carbonyl (C=O) groups is 1. The van der Waals surface area contributed by atoms with Crippen molar-refractivity contribution in [3.8, 4) is 0 Å². The molecule has 7 nitrogen and oxygen atoms in total. The molecule has 8 heteroatoms. The zero-order valence-electron chi connectivity index (χ0n) is 19.1. The molecule has 1 fully saturated rings. The van der Waals surface area contributed by atoms with E-state index in [0.717, 1.165) is 41.6 Å². The molecule has 0 aliphatic carbocycles. The second-order valence-electron chi connectivity index (χ2n) is 8.38. The summed E-state index contributed by atoms with van der Waals surface area (Å²) in [4.78, 5) is 27.9. The predicted molar refractivity (Wildman–Crippen MR) is 124 cm³/mol. The Balaban J connectivity index is 1.97. The highest BCUT2D eigenvalue weighted by Gasteiger charge is 2.26. The Kier molecular flexibility index (Phi) is 7.73. The number of piperazine rings is 1. The van der Waals surface area contributed by atoms with Crippen LogP contribution in [0, 0.1) is 0 Å². The molecular formula is C23H32ClN5O2. The fraction of sp³-hybridized carbons (Fsp3) is 0.522. The molecule has 2 heterocycles. The molecule has 2 aromatic rings. The third-order valence-electron chi connectivity index (χ3n) is 5.39. The summed E-state index contributed by atoms with van der Waals surface area (Å²) >= 11 is 6.23. The van der Waals surface area contributed by atoms with Crippen LogP contribution < -0.4 is 4.90 Å². The Morgan fingerprint density at radius 2 is 1.90 bits per heavy atom. The van der Waals surface area contributed by atoms with Crippen LogP contribution in [-0.2, 0) is 17.8 Å². The number of nitrogens with zero attached hydrogens (tertiary/aromatic N) is 5. The lowest BCUT2D eigenvalue weighted by Gasteiger charge is -2.37. The maximum Gasteiger partial charge on any atom is 0.319 e. The second-order valence-corrected chi connectivity index (χ2v) is 8.81. The molecule has 1 aromatic carbocycles. The van der Waals surface area contributed by atoms with Gasteiger partial charge in [-0.25, -0.2) is 14.8 Å². The monoisotopic (exact) mass is 445 g/mol. The molecule has 0 N–H and O–H groups in total. The Hall–Kier alpha value is -2.38. The lowest BCUT2D eigenvalue weighted by Crippen LogP contribution is -2.52. The quantitative estimate of drug-likeness (QED) is 0.676. The lowest BCUT2D eigenvalue weighted by atomic mass is 10.0. The van der Waals surface area contributed by atoms with E-state index in [1.54, 1.807) is 26.1 Å². The van der Waals surface area contributed by atoms with Crippen molar-refractivity contribution in [2.75, 3.05) is 52.3 Å². The Labute approximate surface area is 190 Å². The largest absolute Gasteiger partial charge is 0.378 e. The molecule has 168 valence electrons. The fourth-order valence-corrected chi connectivity index (χ4v) is 3.95. The minimum Gasteiger partial charge on any atom is -0.378 e. The molecule has 0 saturated carbocycles. The van der Waals surface area contributed by atoms with E-state index in [-0.39, 0.29) is 11.9 Å². The first-order valence-corrected chi connectivity index (χ1v) is 11.0. The number of anilines is 1. The topological polar surface area (TPSA) is 61.8 Å². The molecule has 0 spiro atoms. The molecular weight excluding hydrogens is 414 g/mol. The van der Waals surface area contributed by atoms with Gasteiger partial charge in [0, 0.05) is 70.3 Å². The van der Waals surface area contributed by atoms with E-state index in [9.17, 15) is 4.79 Å². The van der Waals surface area contributed by atoms with Gasteiger partial charge in [0.2, 0.25) is 0 Å². The fourth-order valence-electron chi connectivity index (χ4n) is 3.74. The number of rotatable bonds is 6. The van der Waals surface area contributed by atoms with Crippen molar-refractivity contribution < 1.29 is 9.53 Å². The number of methoxy groups -OCH3 is 1. The number of aromatic nitrogens is 2. The third-order valence-corrected chi connectivity index (χ3v) is 5.62. The number of benzene rings is 1. The molecule has 3 rings (SSSR count). The zero-order valence-corrected chi connectivity index (χ0v) is 19.8. The Bertz CT molecular complexity index is 911. The molecule has 31 heavy (non-hydrogen) atoms. The first-order valence-electron chi connectivity index (χ1n) is 10.6. The molecule has 0 bridgehead atoms. The third kappa shape index (κ3) is 5.66. The van der Waals surface area contributed by atoms with Crippen LogP contribution in [0.25, 0.3) is 0 Å². The van der Waals surface area contributed by atoms with Gasteiger partial charge >= 0.3 is 6.03 Å². The molecule has 1 saturated heterocycles. The highest BCUT2D eigenvalue weighted by molar-refractivity contribution is 6.30. The van der Waals surface area contributed by atoms with E-state index in [4.69, 9.17) is 26.3 Å². The van der Waals surface area contributed by atoms with Crippen LogP contribution in [-0.4, -0.2) is 73.2 Å². The van der Waals surface area contributed by atoms with Crippen molar-refractivity contribution >= 4 is 23.4 Å². The van der Waals surface area contributed by atoms with Crippen LogP contribution in [0.5, 0.6) is 0 Å². The number of urea groups is 1. The van der Waals surface area contributed by atoms with Crippen molar-refractivity contribution in [2.24, 2.45) is 0 Å². The maximum atomic E-state index is 12.3. The number of halogens is 1. The van der Waals surface area contributed by atoms with Crippen LogP contribution in [0.1, 0.15) is 42.4 Å². The average Bonchev–Trinajstić information content (AvgIpc) is 2.74. The maximum absolute atomic E-state index is 12.3. The highest BCUT2D eigenvalue weighted by atomic mass is 35.5. The summed E-state index contributed by atoms with van der Waals surface area (Å²) < 4.78 is 5.49. The lowest BCUT2D eigenvalue weighted by molar-refractivity contribution is 0.167. The molecule has 1 aromatic heterocycles. The van der Waals surface area contributed by atoms with E-state index in [1.165, 1.54) is 0 Å². The Morgan fingerprint density at radius 3 is 2.48 bits per heavy atom. The van der Waals surface area contributed by atoms with Crippen molar-refractivity contribution in [3.05, 3.63) is 51.9 Å².